The number of amides is 1. The number of benzene rings is 1. The summed E-state index contributed by atoms with van der Waals surface area (Å²) in [5.41, 5.74) is 2.46. The first-order chi connectivity index (χ1) is 14.1. The molecule has 144 valence electrons. The minimum atomic E-state index is -0.357. The number of halogens is 1. The third kappa shape index (κ3) is 3.21. The molecule has 3 aromatic heterocycles. The lowest BCUT2D eigenvalue weighted by Crippen LogP contribution is -2.13. The lowest BCUT2D eigenvalue weighted by atomic mass is 10.2. The van der Waals surface area contributed by atoms with Crippen molar-refractivity contribution in [2.75, 3.05) is 11.1 Å². The second kappa shape index (κ2) is 7.08. The summed E-state index contributed by atoms with van der Waals surface area (Å²) in [6.07, 6.45) is 5.14. The van der Waals surface area contributed by atoms with Crippen molar-refractivity contribution in [3.63, 3.8) is 0 Å². The molecule has 0 unspecified atom stereocenters. The largest absolute Gasteiger partial charge is 0.319 e. The number of para-hydroxylation sites is 1. The van der Waals surface area contributed by atoms with Crippen LogP contribution < -0.4 is 5.32 Å². The predicted octanol–water partition coefficient (Wildman–Crippen LogP) is 3.04. The van der Waals surface area contributed by atoms with Gasteiger partial charge in [0.2, 0.25) is 5.95 Å². The number of thioether (sulfide) groups is 1. The number of hydrogen-bond acceptors (Lipinski definition) is 7. The first kappa shape index (κ1) is 18.0. The van der Waals surface area contributed by atoms with Crippen molar-refractivity contribution in [3.8, 4) is 11.4 Å². The first-order valence-electron chi connectivity index (χ1n) is 8.60. The Kier molecular flexibility index (Phi) is 4.40. The van der Waals surface area contributed by atoms with Crippen LogP contribution in [0.25, 0.3) is 27.9 Å². The molecule has 1 aromatic carbocycles. The molecule has 29 heavy (non-hydrogen) atoms. The van der Waals surface area contributed by atoms with Gasteiger partial charge in [-0.1, -0.05) is 6.07 Å². The molecule has 1 aliphatic heterocycles. The number of anilines is 1. The van der Waals surface area contributed by atoms with Gasteiger partial charge in [0.15, 0.2) is 11.5 Å². The van der Waals surface area contributed by atoms with Crippen molar-refractivity contribution >= 4 is 62.3 Å². The van der Waals surface area contributed by atoms with Gasteiger partial charge in [-0.2, -0.15) is 9.61 Å². The van der Waals surface area contributed by atoms with Gasteiger partial charge in [0.25, 0.3) is 5.91 Å². The summed E-state index contributed by atoms with van der Waals surface area (Å²) in [7, 11) is 1.84. The zero-order chi connectivity index (χ0) is 20.0. The first-order valence-corrected chi connectivity index (χ1v) is 10.4. The van der Waals surface area contributed by atoms with Crippen LogP contribution in [0.4, 0.5) is 5.95 Å². The Morgan fingerprint density at radius 1 is 1.28 bits per heavy atom. The highest BCUT2D eigenvalue weighted by Gasteiger charge is 2.19. The molecule has 0 bridgehead atoms. The van der Waals surface area contributed by atoms with E-state index in [1.165, 1.54) is 11.8 Å². The van der Waals surface area contributed by atoms with E-state index in [0.717, 1.165) is 15.4 Å². The van der Waals surface area contributed by atoms with Gasteiger partial charge in [0.1, 0.15) is 5.70 Å². The average Bonchev–Trinajstić information content (AvgIpc) is 3.29. The van der Waals surface area contributed by atoms with Gasteiger partial charge < -0.3 is 5.32 Å². The zero-order valence-electron chi connectivity index (χ0n) is 15.1. The van der Waals surface area contributed by atoms with E-state index in [1.807, 2.05) is 31.4 Å². The van der Waals surface area contributed by atoms with E-state index < -0.39 is 0 Å². The van der Waals surface area contributed by atoms with E-state index in [-0.39, 0.29) is 5.91 Å². The van der Waals surface area contributed by atoms with E-state index in [2.05, 4.69) is 36.4 Å². The van der Waals surface area contributed by atoms with Gasteiger partial charge in [-0.25, -0.2) is 15.0 Å². The molecule has 1 N–H and O–H groups in total. The molecule has 0 radical (unpaired) electrons. The lowest BCUT2D eigenvalue weighted by molar-refractivity contribution is -0.114. The van der Waals surface area contributed by atoms with Crippen molar-refractivity contribution in [2.24, 2.45) is 12.0 Å². The quantitative estimate of drug-likeness (QED) is 0.492. The Labute approximate surface area is 177 Å². The SMILES string of the molecule is Cn1cc(-c2nc3c4cccc(Br)c4nc(NC4=CSCC=NC4=O)n3n2)cn1. The zero-order valence-corrected chi connectivity index (χ0v) is 17.5. The Morgan fingerprint density at radius 2 is 2.17 bits per heavy atom. The van der Waals surface area contributed by atoms with Crippen molar-refractivity contribution in [1.29, 1.82) is 0 Å². The fourth-order valence-corrected chi connectivity index (χ4v) is 3.99. The Balaban J connectivity index is 1.73. The molecule has 1 amide bonds. The van der Waals surface area contributed by atoms with Crippen molar-refractivity contribution in [2.45, 2.75) is 0 Å². The third-order valence-electron chi connectivity index (χ3n) is 4.27. The number of hydrogen-bond donors (Lipinski definition) is 1. The molecule has 5 rings (SSSR count). The molecule has 4 aromatic rings. The van der Waals surface area contributed by atoms with Gasteiger partial charge in [0.05, 0.1) is 17.3 Å². The van der Waals surface area contributed by atoms with Gasteiger partial charge in [0, 0.05) is 40.5 Å². The molecular formula is C18H13BrN8OS. The highest BCUT2D eigenvalue weighted by Crippen LogP contribution is 2.29. The summed E-state index contributed by atoms with van der Waals surface area (Å²) < 4.78 is 4.11. The van der Waals surface area contributed by atoms with E-state index >= 15 is 0 Å². The second-order valence-corrected chi connectivity index (χ2v) is 8.01. The molecule has 0 saturated heterocycles. The van der Waals surface area contributed by atoms with Crippen LogP contribution in [0.1, 0.15) is 0 Å². The van der Waals surface area contributed by atoms with E-state index in [0.29, 0.717) is 34.4 Å². The van der Waals surface area contributed by atoms with Crippen LogP contribution in [0, 0.1) is 0 Å². The molecule has 0 atom stereocenters. The second-order valence-electron chi connectivity index (χ2n) is 6.25. The Morgan fingerprint density at radius 3 is 3.00 bits per heavy atom. The van der Waals surface area contributed by atoms with Crippen molar-refractivity contribution in [3.05, 3.63) is 46.2 Å². The van der Waals surface area contributed by atoms with Crippen LogP contribution in [0.5, 0.6) is 0 Å². The topological polar surface area (TPSA) is 102 Å². The standard InChI is InChI=1S/C18H13BrN8OS/c1-26-8-10(7-21-26)15-24-16-11-3-2-4-12(19)14(11)23-18(27(16)25-15)22-13-9-29-6-5-20-17(13)28/h2-5,7-9H,6H2,1H3,(H,22,23). The highest BCUT2D eigenvalue weighted by molar-refractivity contribution is 9.10. The number of aromatic nitrogens is 6. The maximum Gasteiger partial charge on any atom is 0.293 e. The lowest BCUT2D eigenvalue weighted by Gasteiger charge is -2.10. The minimum absolute atomic E-state index is 0.336. The predicted molar refractivity (Wildman–Crippen MR) is 116 cm³/mol. The van der Waals surface area contributed by atoms with Crippen LogP contribution in [0.2, 0.25) is 0 Å². The number of carbonyl (C=O) groups excluding carboxylic acids is 1. The Hall–Kier alpha value is -3.05. The average molecular weight is 469 g/mol. The van der Waals surface area contributed by atoms with Crippen LogP contribution >= 0.6 is 27.7 Å². The van der Waals surface area contributed by atoms with Crippen LogP contribution in [-0.4, -0.2) is 47.2 Å². The Bertz CT molecular complexity index is 1340. The van der Waals surface area contributed by atoms with Gasteiger partial charge in [-0.05, 0) is 28.1 Å². The summed E-state index contributed by atoms with van der Waals surface area (Å²) in [4.78, 5) is 25.6. The van der Waals surface area contributed by atoms with Gasteiger partial charge in [-0.15, -0.1) is 16.9 Å². The fourth-order valence-electron chi connectivity index (χ4n) is 2.95. The van der Waals surface area contributed by atoms with Crippen LogP contribution in [0.15, 0.2) is 51.2 Å². The maximum atomic E-state index is 12.3. The number of nitrogens with zero attached hydrogens (tertiary/aromatic N) is 7. The van der Waals surface area contributed by atoms with Crippen LogP contribution in [0.3, 0.4) is 0 Å². The van der Waals surface area contributed by atoms with E-state index in [9.17, 15) is 4.79 Å². The number of nitrogens with one attached hydrogen (secondary N) is 1. The number of fused-ring (bicyclic) bond motifs is 3. The van der Waals surface area contributed by atoms with Gasteiger partial charge in [-0.3, -0.25) is 9.48 Å². The molecular weight excluding hydrogens is 456 g/mol. The normalized spacial score (nSPS) is 14.4. The highest BCUT2D eigenvalue weighted by atomic mass is 79.9. The number of rotatable bonds is 3. The summed E-state index contributed by atoms with van der Waals surface area (Å²) in [6.45, 7) is 0. The van der Waals surface area contributed by atoms with Crippen molar-refractivity contribution in [1.82, 2.24) is 29.4 Å². The third-order valence-corrected chi connectivity index (χ3v) is 5.66. The molecule has 4 heterocycles. The fraction of sp³-hybridized carbons (Fsp3) is 0.111. The maximum absolute atomic E-state index is 12.3. The van der Waals surface area contributed by atoms with E-state index in [1.54, 1.807) is 27.0 Å². The molecule has 0 aliphatic carbocycles. The molecule has 0 saturated carbocycles. The summed E-state index contributed by atoms with van der Waals surface area (Å²) in [5, 5.41) is 14.5. The molecule has 11 heteroatoms. The van der Waals surface area contributed by atoms with Gasteiger partial charge >= 0.3 is 0 Å². The van der Waals surface area contributed by atoms with E-state index in [4.69, 9.17) is 9.97 Å². The summed E-state index contributed by atoms with van der Waals surface area (Å²) in [6, 6.07) is 5.76. The minimum Gasteiger partial charge on any atom is -0.319 e. The smallest absolute Gasteiger partial charge is 0.293 e. The molecule has 0 spiro atoms. The monoisotopic (exact) mass is 468 g/mol. The molecule has 9 nitrogen and oxygen atoms in total. The molecule has 1 aliphatic rings. The molecule has 0 fully saturated rings. The van der Waals surface area contributed by atoms with Crippen molar-refractivity contribution < 1.29 is 4.79 Å². The number of carbonyl (C=O) groups is 1. The van der Waals surface area contributed by atoms with Crippen LogP contribution in [-0.2, 0) is 11.8 Å². The number of aryl methyl sites for hydroxylation is 1. The summed E-state index contributed by atoms with van der Waals surface area (Å²) in [5.74, 6) is 1.17. The number of aliphatic imine (C=N–C) groups is 1. The summed E-state index contributed by atoms with van der Waals surface area (Å²) >= 11 is 5.03.